The van der Waals surface area contributed by atoms with Gasteiger partial charge >= 0.3 is 0 Å². The number of rotatable bonds is 2. The lowest BCUT2D eigenvalue weighted by molar-refractivity contribution is 0.320. The standard InChI is InChI=1S/C9H12N2O3S/c1-11(2)15(13,14)9(10-12)8-6-4-3-5-7-8/h3-7,12H,1-2H3/b10-9+. The van der Waals surface area contributed by atoms with E-state index in [0.717, 1.165) is 4.31 Å². The van der Waals surface area contributed by atoms with Crippen molar-refractivity contribution in [1.29, 1.82) is 0 Å². The molecule has 0 aliphatic heterocycles. The van der Waals surface area contributed by atoms with Gasteiger partial charge in [-0.25, -0.2) is 12.7 Å². The Hall–Kier alpha value is -1.40. The Morgan fingerprint density at radius 3 is 2.20 bits per heavy atom. The van der Waals surface area contributed by atoms with Crippen LogP contribution in [0.3, 0.4) is 0 Å². The Balaban J connectivity index is 3.25. The van der Waals surface area contributed by atoms with Crippen LogP contribution in [0.2, 0.25) is 0 Å². The maximum Gasteiger partial charge on any atom is 0.263 e. The lowest BCUT2D eigenvalue weighted by Crippen LogP contribution is -2.30. The average Bonchev–Trinajstić information content (AvgIpc) is 2.19. The number of nitrogens with zero attached hydrogens (tertiary/aromatic N) is 2. The van der Waals surface area contributed by atoms with Gasteiger partial charge in [-0.1, -0.05) is 35.5 Å². The Labute approximate surface area is 88.7 Å². The first-order valence-electron chi connectivity index (χ1n) is 4.20. The van der Waals surface area contributed by atoms with Crippen LogP contribution in [-0.2, 0) is 10.0 Å². The molecule has 0 heterocycles. The molecule has 0 spiro atoms. The van der Waals surface area contributed by atoms with Crippen molar-refractivity contribution in [3.8, 4) is 0 Å². The second-order valence-electron chi connectivity index (χ2n) is 3.06. The van der Waals surface area contributed by atoms with Crippen molar-refractivity contribution in [2.75, 3.05) is 14.1 Å². The first kappa shape index (κ1) is 11.7. The molecular formula is C9H12N2O3S. The SMILES string of the molecule is CN(C)S(=O)(=O)/C(=N/O)c1ccccc1. The molecular weight excluding hydrogens is 216 g/mol. The van der Waals surface area contributed by atoms with E-state index < -0.39 is 10.0 Å². The van der Waals surface area contributed by atoms with Crippen LogP contribution in [0.5, 0.6) is 0 Å². The monoisotopic (exact) mass is 228 g/mol. The van der Waals surface area contributed by atoms with Crippen molar-refractivity contribution in [3.63, 3.8) is 0 Å². The van der Waals surface area contributed by atoms with Gasteiger partial charge in [-0.2, -0.15) is 0 Å². The minimum absolute atomic E-state index is 0.354. The van der Waals surface area contributed by atoms with Crippen LogP contribution in [-0.4, -0.2) is 37.1 Å². The summed E-state index contributed by atoms with van der Waals surface area (Å²) < 4.78 is 24.4. The van der Waals surface area contributed by atoms with Crippen molar-refractivity contribution in [2.45, 2.75) is 0 Å². The number of benzene rings is 1. The van der Waals surface area contributed by atoms with E-state index in [9.17, 15) is 8.42 Å². The normalized spacial score (nSPS) is 13.1. The van der Waals surface area contributed by atoms with E-state index >= 15 is 0 Å². The van der Waals surface area contributed by atoms with E-state index in [1.807, 2.05) is 0 Å². The minimum atomic E-state index is -3.71. The van der Waals surface area contributed by atoms with E-state index in [4.69, 9.17) is 5.21 Å². The molecule has 15 heavy (non-hydrogen) atoms. The molecule has 82 valence electrons. The summed E-state index contributed by atoms with van der Waals surface area (Å²) in [5.41, 5.74) is 0.355. The third kappa shape index (κ3) is 2.34. The van der Waals surface area contributed by atoms with E-state index in [1.165, 1.54) is 14.1 Å². The highest BCUT2D eigenvalue weighted by Gasteiger charge is 2.24. The summed E-state index contributed by atoms with van der Waals surface area (Å²) in [5.74, 6) is 0. The summed E-state index contributed by atoms with van der Waals surface area (Å²) in [5, 5.41) is 11.2. The first-order valence-corrected chi connectivity index (χ1v) is 5.64. The van der Waals surface area contributed by atoms with Crippen LogP contribution >= 0.6 is 0 Å². The quantitative estimate of drug-likeness (QED) is 0.351. The van der Waals surface area contributed by atoms with Gasteiger partial charge in [0.15, 0.2) is 0 Å². The van der Waals surface area contributed by atoms with Crippen molar-refractivity contribution in [2.24, 2.45) is 5.16 Å². The molecule has 1 N–H and O–H groups in total. The molecule has 0 radical (unpaired) electrons. The molecule has 5 nitrogen and oxygen atoms in total. The van der Waals surface area contributed by atoms with Crippen LogP contribution in [0.25, 0.3) is 0 Å². The molecule has 1 aromatic rings. The van der Waals surface area contributed by atoms with Crippen molar-refractivity contribution >= 4 is 15.1 Å². The number of oxime groups is 1. The predicted molar refractivity (Wildman–Crippen MR) is 57.4 cm³/mol. The molecule has 0 aliphatic rings. The largest absolute Gasteiger partial charge is 0.410 e. The molecule has 6 heteroatoms. The van der Waals surface area contributed by atoms with Gasteiger partial charge in [0.2, 0.25) is 5.04 Å². The highest BCUT2D eigenvalue weighted by atomic mass is 32.2. The van der Waals surface area contributed by atoms with Crippen LogP contribution in [0.4, 0.5) is 0 Å². The topological polar surface area (TPSA) is 70.0 Å². The molecule has 1 rings (SSSR count). The average molecular weight is 228 g/mol. The molecule has 0 saturated carbocycles. The Morgan fingerprint density at radius 2 is 1.80 bits per heavy atom. The van der Waals surface area contributed by atoms with Crippen LogP contribution < -0.4 is 0 Å². The molecule has 0 aromatic heterocycles. The zero-order chi connectivity index (χ0) is 11.5. The van der Waals surface area contributed by atoms with Crippen LogP contribution in [0.15, 0.2) is 35.5 Å². The van der Waals surface area contributed by atoms with Gasteiger partial charge in [0, 0.05) is 19.7 Å². The zero-order valence-electron chi connectivity index (χ0n) is 8.45. The Bertz CT molecular complexity index is 452. The summed E-state index contributed by atoms with van der Waals surface area (Å²) >= 11 is 0. The second-order valence-corrected chi connectivity index (χ2v) is 5.13. The van der Waals surface area contributed by atoms with Crippen LogP contribution in [0, 0.1) is 0 Å². The Morgan fingerprint density at radius 1 is 1.27 bits per heavy atom. The van der Waals surface area contributed by atoms with E-state index in [-0.39, 0.29) is 5.04 Å². The van der Waals surface area contributed by atoms with Gasteiger partial charge in [-0.05, 0) is 0 Å². The predicted octanol–water partition coefficient (Wildman–Crippen LogP) is 0.714. The summed E-state index contributed by atoms with van der Waals surface area (Å²) in [4.78, 5) is 0. The molecule has 0 aliphatic carbocycles. The fourth-order valence-electron chi connectivity index (χ4n) is 1.01. The van der Waals surface area contributed by atoms with Crippen molar-refractivity contribution in [3.05, 3.63) is 35.9 Å². The summed E-state index contributed by atoms with van der Waals surface area (Å²) in [6, 6.07) is 8.23. The molecule has 0 saturated heterocycles. The number of hydrogen-bond donors (Lipinski definition) is 1. The molecule has 0 atom stereocenters. The zero-order valence-corrected chi connectivity index (χ0v) is 9.27. The lowest BCUT2D eigenvalue weighted by Gasteiger charge is -2.11. The number of hydrogen-bond acceptors (Lipinski definition) is 4. The van der Waals surface area contributed by atoms with Gasteiger partial charge in [0.25, 0.3) is 10.0 Å². The fraction of sp³-hybridized carbons (Fsp3) is 0.222. The van der Waals surface area contributed by atoms with Gasteiger partial charge in [0.05, 0.1) is 0 Å². The minimum Gasteiger partial charge on any atom is -0.410 e. The third-order valence-corrected chi connectivity index (χ3v) is 3.60. The second kappa shape index (κ2) is 4.41. The first-order chi connectivity index (χ1) is 7.00. The summed E-state index contributed by atoms with van der Waals surface area (Å²) in [6.07, 6.45) is 0. The summed E-state index contributed by atoms with van der Waals surface area (Å²) in [7, 11) is -0.952. The van der Waals surface area contributed by atoms with Gasteiger partial charge < -0.3 is 5.21 Å². The molecule has 1 aromatic carbocycles. The maximum atomic E-state index is 11.7. The third-order valence-electron chi connectivity index (χ3n) is 1.84. The smallest absolute Gasteiger partial charge is 0.263 e. The Kier molecular flexibility index (Phi) is 3.43. The van der Waals surface area contributed by atoms with E-state index in [0.29, 0.717) is 5.56 Å². The van der Waals surface area contributed by atoms with Crippen molar-refractivity contribution < 1.29 is 13.6 Å². The highest BCUT2D eigenvalue weighted by molar-refractivity contribution is 8.04. The van der Waals surface area contributed by atoms with Crippen LogP contribution in [0.1, 0.15) is 5.56 Å². The van der Waals surface area contributed by atoms with Crippen molar-refractivity contribution in [1.82, 2.24) is 4.31 Å². The van der Waals surface area contributed by atoms with Gasteiger partial charge in [0.1, 0.15) is 0 Å². The maximum absolute atomic E-state index is 11.7. The lowest BCUT2D eigenvalue weighted by atomic mass is 10.2. The van der Waals surface area contributed by atoms with Gasteiger partial charge in [-0.3, -0.25) is 0 Å². The number of sulfonamides is 1. The van der Waals surface area contributed by atoms with E-state index in [2.05, 4.69) is 5.16 Å². The van der Waals surface area contributed by atoms with E-state index in [1.54, 1.807) is 30.3 Å². The van der Waals surface area contributed by atoms with Gasteiger partial charge in [-0.15, -0.1) is 0 Å². The fourth-order valence-corrected chi connectivity index (χ4v) is 1.89. The molecule has 0 unspecified atom stereocenters. The molecule has 0 amide bonds. The highest BCUT2D eigenvalue weighted by Crippen LogP contribution is 2.09. The summed E-state index contributed by atoms with van der Waals surface area (Å²) in [6.45, 7) is 0. The molecule has 0 bridgehead atoms. The molecule has 0 fully saturated rings.